The van der Waals surface area contributed by atoms with E-state index in [1.54, 1.807) is 6.08 Å². The molecular weight excluding hydrogens is 1140 g/mol. The van der Waals surface area contributed by atoms with E-state index < -0.39 is 124 Å². The fourth-order valence-corrected chi connectivity index (χ4v) is 11.8. The molecule has 520 valence electrons. The second-order valence-electron chi connectivity index (χ2n) is 25.3. The highest BCUT2D eigenvalue weighted by Gasteiger charge is 2.53. The minimum atomic E-state index is -1.98. The lowest BCUT2D eigenvalue weighted by atomic mass is 9.96. The number of ether oxygens (including phenoxy) is 6. The van der Waals surface area contributed by atoms with E-state index in [1.807, 2.05) is 6.08 Å². The van der Waals surface area contributed by atoms with Crippen molar-refractivity contribution in [3.63, 3.8) is 0 Å². The van der Waals surface area contributed by atoms with Gasteiger partial charge in [-0.25, -0.2) is 0 Å². The SMILES string of the molecule is CCCCC/C=C\C/C=C\CCCCCCCCCCCC(=O)NC(COC1OC(CO)C(OC2OC(CO)C(OC3OC(CO)C(O)C(O)C3O)C(O)C2O)C(O)C1O)C(O)/C=C/CC/C=C/CCCCCCCCCCCCCCCCCCCCC. The Morgan fingerprint density at radius 1 is 0.404 bits per heavy atom. The molecule has 3 fully saturated rings. The van der Waals surface area contributed by atoms with Crippen LogP contribution in [0.1, 0.15) is 258 Å². The molecule has 1 amide bonds. The third kappa shape index (κ3) is 34.1. The van der Waals surface area contributed by atoms with Crippen LogP contribution in [0, 0.1) is 0 Å². The Hall–Kier alpha value is -2.25. The molecule has 19 heteroatoms. The summed E-state index contributed by atoms with van der Waals surface area (Å²) in [5, 5.41) is 121. The van der Waals surface area contributed by atoms with Crippen molar-refractivity contribution in [2.24, 2.45) is 0 Å². The van der Waals surface area contributed by atoms with Crippen LogP contribution >= 0.6 is 0 Å². The normalized spacial score (nSPS) is 28.5. The number of nitrogens with one attached hydrogen (secondary N) is 1. The maximum absolute atomic E-state index is 13.4. The predicted octanol–water partition coefficient (Wildman–Crippen LogP) is 9.39. The molecule has 89 heavy (non-hydrogen) atoms. The van der Waals surface area contributed by atoms with Crippen molar-refractivity contribution in [2.75, 3.05) is 26.4 Å². The Morgan fingerprint density at radius 3 is 1.21 bits per heavy atom. The summed E-state index contributed by atoms with van der Waals surface area (Å²) in [7, 11) is 0. The molecule has 0 bridgehead atoms. The molecule has 17 unspecified atom stereocenters. The van der Waals surface area contributed by atoms with Gasteiger partial charge in [0.05, 0.1) is 38.6 Å². The van der Waals surface area contributed by atoms with E-state index in [0.717, 1.165) is 57.8 Å². The topological polar surface area (TPSA) is 307 Å². The number of aliphatic hydroxyl groups is 11. The average molecular weight is 1270 g/mol. The van der Waals surface area contributed by atoms with Gasteiger partial charge in [-0.15, -0.1) is 0 Å². The number of amides is 1. The standard InChI is InChI=1S/C70H127NO18/c1-3-5-7-9-11-13-15-17-19-21-23-24-25-26-27-28-30-31-33-35-37-39-41-43-45-47-54(75)53(71-58(76)48-46-44-42-40-38-36-34-32-29-22-20-18-16-14-12-10-8-6-4-2)52-84-68-64(82)61(79)66(56(50-73)86-68)89-70-65(83)62(80)67(57(51-74)87-70)88-69-63(81)60(78)59(77)55(49-72)85-69/h12,14,18,20,37,39,45,47,53-57,59-70,72-75,77-83H,3-11,13,15-17,19,21-36,38,40-44,46,48-52H2,1-2H3,(H,71,76)/b14-12-,20-18-,39-37+,47-45+. The van der Waals surface area contributed by atoms with Crippen molar-refractivity contribution in [1.82, 2.24) is 5.32 Å². The van der Waals surface area contributed by atoms with Gasteiger partial charge in [0.15, 0.2) is 18.9 Å². The summed E-state index contributed by atoms with van der Waals surface area (Å²) in [6.45, 7) is 1.71. The Kier molecular flexibility index (Phi) is 47.4. The molecule has 3 aliphatic heterocycles. The van der Waals surface area contributed by atoms with Gasteiger partial charge in [0.25, 0.3) is 0 Å². The summed E-state index contributed by atoms with van der Waals surface area (Å²) in [6.07, 6.45) is 35.2. The van der Waals surface area contributed by atoms with Crippen molar-refractivity contribution in [3.8, 4) is 0 Å². The molecule has 0 radical (unpaired) electrons. The monoisotopic (exact) mass is 1270 g/mol. The van der Waals surface area contributed by atoms with Crippen LogP contribution in [0.5, 0.6) is 0 Å². The van der Waals surface area contributed by atoms with Gasteiger partial charge in [-0.05, 0) is 64.2 Å². The van der Waals surface area contributed by atoms with Gasteiger partial charge in [-0.1, -0.05) is 236 Å². The summed E-state index contributed by atoms with van der Waals surface area (Å²) in [6, 6.07) is -0.994. The Balaban J connectivity index is 1.45. The average Bonchev–Trinajstić information content (AvgIpc) is 2.46. The van der Waals surface area contributed by atoms with Crippen LogP contribution in [0.2, 0.25) is 0 Å². The summed E-state index contributed by atoms with van der Waals surface area (Å²) >= 11 is 0. The van der Waals surface area contributed by atoms with Crippen LogP contribution in [0.4, 0.5) is 0 Å². The first kappa shape index (κ1) is 81.0. The van der Waals surface area contributed by atoms with Crippen molar-refractivity contribution >= 4 is 5.91 Å². The van der Waals surface area contributed by atoms with Crippen LogP contribution in [-0.2, 0) is 33.2 Å². The van der Waals surface area contributed by atoms with Crippen molar-refractivity contribution < 1.29 is 89.4 Å². The Morgan fingerprint density at radius 2 is 0.753 bits per heavy atom. The maximum Gasteiger partial charge on any atom is 0.220 e. The first-order chi connectivity index (χ1) is 43.3. The van der Waals surface area contributed by atoms with Gasteiger partial charge in [-0.3, -0.25) is 4.79 Å². The summed E-state index contributed by atoms with van der Waals surface area (Å²) in [5.41, 5.74) is 0. The zero-order valence-electron chi connectivity index (χ0n) is 54.9. The fraction of sp³-hybridized carbons (Fsp3) is 0.871. The number of allylic oxidation sites excluding steroid dienone is 7. The number of carbonyl (C=O) groups is 1. The summed E-state index contributed by atoms with van der Waals surface area (Å²) < 4.78 is 34.3. The molecule has 3 saturated heterocycles. The molecule has 0 aliphatic carbocycles. The van der Waals surface area contributed by atoms with E-state index >= 15 is 0 Å². The van der Waals surface area contributed by atoms with Gasteiger partial charge in [0.1, 0.15) is 73.2 Å². The molecule has 0 spiro atoms. The molecule has 19 nitrogen and oxygen atoms in total. The van der Waals surface area contributed by atoms with E-state index in [1.165, 1.54) is 167 Å². The quantitative estimate of drug-likeness (QED) is 0.0199. The minimum absolute atomic E-state index is 0.230. The number of hydrogen-bond donors (Lipinski definition) is 12. The van der Waals surface area contributed by atoms with Crippen LogP contribution in [0.15, 0.2) is 48.6 Å². The Bertz CT molecular complexity index is 1800. The van der Waals surface area contributed by atoms with Crippen molar-refractivity contribution in [3.05, 3.63) is 48.6 Å². The molecule has 0 aromatic carbocycles. The lowest BCUT2D eigenvalue weighted by molar-refractivity contribution is -0.379. The van der Waals surface area contributed by atoms with E-state index in [2.05, 4.69) is 55.6 Å². The largest absolute Gasteiger partial charge is 0.394 e. The van der Waals surface area contributed by atoms with Gasteiger partial charge in [-0.2, -0.15) is 0 Å². The summed E-state index contributed by atoms with van der Waals surface area (Å²) in [4.78, 5) is 13.4. The number of unbranched alkanes of at least 4 members (excludes halogenated alkanes) is 32. The van der Waals surface area contributed by atoms with Gasteiger partial charge >= 0.3 is 0 Å². The molecule has 0 aromatic heterocycles. The number of rotatable bonds is 54. The van der Waals surface area contributed by atoms with Crippen molar-refractivity contribution in [1.29, 1.82) is 0 Å². The molecule has 0 saturated carbocycles. The lowest BCUT2D eigenvalue weighted by Gasteiger charge is -2.48. The van der Waals surface area contributed by atoms with Crippen LogP contribution in [0.25, 0.3) is 0 Å². The molecule has 12 N–H and O–H groups in total. The molecule has 0 aromatic rings. The maximum atomic E-state index is 13.4. The van der Waals surface area contributed by atoms with Gasteiger partial charge < -0.3 is 89.9 Å². The first-order valence-electron chi connectivity index (χ1n) is 35.4. The van der Waals surface area contributed by atoms with Crippen molar-refractivity contribution in [2.45, 2.75) is 362 Å². The molecule has 3 heterocycles. The molecule has 17 atom stereocenters. The third-order valence-electron chi connectivity index (χ3n) is 17.6. The molecule has 3 aliphatic rings. The van der Waals surface area contributed by atoms with Crippen LogP contribution in [0.3, 0.4) is 0 Å². The van der Waals surface area contributed by atoms with E-state index in [0.29, 0.717) is 12.8 Å². The van der Waals surface area contributed by atoms with Gasteiger partial charge in [0.2, 0.25) is 5.91 Å². The number of hydrogen-bond acceptors (Lipinski definition) is 18. The second-order valence-corrected chi connectivity index (χ2v) is 25.3. The van der Waals surface area contributed by atoms with E-state index in [-0.39, 0.29) is 18.9 Å². The minimum Gasteiger partial charge on any atom is -0.394 e. The number of carbonyl (C=O) groups excluding carboxylic acids is 1. The second kappa shape index (κ2) is 52.1. The highest BCUT2D eigenvalue weighted by Crippen LogP contribution is 2.33. The zero-order valence-corrected chi connectivity index (χ0v) is 54.9. The highest BCUT2D eigenvalue weighted by molar-refractivity contribution is 5.76. The van der Waals surface area contributed by atoms with Gasteiger partial charge in [0, 0.05) is 6.42 Å². The smallest absolute Gasteiger partial charge is 0.220 e. The number of aliphatic hydroxyl groups excluding tert-OH is 11. The third-order valence-corrected chi connectivity index (χ3v) is 17.6. The summed E-state index contributed by atoms with van der Waals surface area (Å²) in [5.74, 6) is -0.289. The van der Waals surface area contributed by atoms with E-state index in [4.69, 9.17) is 28.4 Å². The fourth-order valence-electron chi connectivity index (χ4n) is 11.8. The zero-order chi connectivity index (χ0) is 64.7. The Labute approximate surface area is 535 Å². The van der Waals surface area contributed by atoms with Crippen LogP contribution < -0.4 is 5.32 Å². The highest BCUT2D eigenvalue weighted by atomic mass is 16.8. The lowest BCUT2D eigenvalue weighted by Crippen LogP contribution is -2.66. The molecule has 3 rings (SSSR count). The molecular formula is C70H127NO18. The van der Waals surface area contributed by atoms with E-state index in [9.17, 15) is 61.0 Å². The predicted molar refractivity (Wildman–Crippen MR) is 346 cm³/mol. The van der Waals surface area contributed by atoms with Crippen LogP contribution in [-0.4, -0.2) is 193 Å². The first-order valence-corrected chi connectivity index (χ1v) is 35.4.